The van der Waals surface area contributed by atoms with E-state index in [1.165, 1.54) is 0 Å². The Morgan fingerprint density at radius 2 is 1.89 bits per heavy atom. The van der Waals surface area contributed by atoms with Crippen molar-refractivity contribution in [1.82, 2.24) is 0 Å². The number of hydrogen-bond donors (Lipinski definition) is 0. The summed E-state index contributed by atoms with van der Waals surface area (Å²) in [6.07, 6.45) is 1.77. The van der Waals surface area contributed by atoms with E-state index >= 15 is 0 Å². The minimum atomic E-state index is 0.627. The van der Waals surface area contributed by atoms with E-state index in [2.05, 4.69) is 11.1 Å². The second-order valence-electron chi connectivity index (χ2n) is 3.89. The van der Waals surface area contributed by atoms with Crippen LogP contribution in [0.15, 0.2) is 53.5 Å². The van der Waals surface area contributed by atoms with Crippen molar-refractivity contribution >= 4 is 11.9 Å². The molecule has 2 aromatic rings. The molecule has 0 saturated carbocycles. The summed E-state index contributed by atoms with van der Waals surface area (Å²) in [5.74, 6) is 0.822. The molecule has 94 valence electrons. The minimum absolute atomic E-state index is 0.627. The maximum Gasteiger partial charge on any atom is 0.128 e. The fraction of sp³-hybridized carbons (Fsp3) is 0.125. The summed E-state index contributed by atoms with van der Waals surface area (Å²) < 4.78 is 5.53. The van der Waals surface area contributed by atoms with Crippen molar-refractivity contribution in [2.45, 2.75) is 6.92 Å². The highest BCUT2D eigenvalue weighted by Crippen LogP contribution is 2.18. The molecule has 0 amide bonds. The molecule has 0 bridgehead atoms. The molecule has 19 heavy (non-hydrogen) atoms. The molecule has 2 aromatic carbocycles. The van der Waals surface area contributed by atoms with Crippen LogP contribution in [0.1, 0.15) is 18.1 Å². The van der Waals surface area contributed by atoms with Crippen LogP contribution in [0.25, 0.3) is 0 Å². The van der Waals surface area contributed by atoms with Crippen molar-refractivity contribution < 1.29 is 4.74 Å². The average molecular weight is 250 g/mol. The van der Waals surface area contributed by atoms with E-state index < -0.39 is 0 Å². The number of rotatable bonds is 4. The highest BCUT2D eigenvalue weighted by Gasteiger charge is 1.98. The third-order valence-electron chi connectivity index (χ3n) is 2.57. The molecule has 0 spiro atoms. The molecule has 0 heterocycles. The van der Waals surface area contributed by atoms with E-state index in [0.717, 1.165) is 17.0 Å². The first-order chi connectivity index (χ1) is 9.33. The van der Waals surface area contributed by atoms with Crippen molar-refractivity contribution in [3.05, 3.63) is 59.7 Å². The van der Waals surface area contributed by atoms with Crippen LogP contribution in [0.4, 0.5) is 5.69 Å². The van der Waals surface area contributed by atoms with Crippen LogP contribution >= 0.6 is 0 Å². The molecule has 0 aromatic heterocycles. The highest BCUT2D eigenvalue weighted by molar-refractivity contribution is 5.85. The smallest absolute Gasteiger partial charge is 0.128 e. The second-order valence-corrected chi connectivity index (χ2v) is 3.89. The Balaban J connectivity index is 2.20. The zero-order valence-corrected chi connectivity index (χ0v) is 10.7. The lowest BCUT2D eigenvalue weighted by Crippen LogP contribution is -1.95. The van der Waals surface area contributed by atoms with Crippen molar-refractivity contribution in [3.63, 3.8) is 0 Å². The monoisotopic (exact) mass is 250 g/mol. The van der Waals surface area contributed by atoms with Gasteiger partial charge in [0.25, 0.3) is 0 Å². The van der Waals surface area contributed by atoms with Crippen LogP contribution in [0.3, 0.4) is 0 Å². The third-order valence-corrected chi connectivity index (χ3v) is 2.57. The van der Waals surface area contributed by atoms with Crippen molar-refractivity contribution in [1.29, 1.82) is 5.26 Å². The van der Waals surface area contributed by atoms with Gasteiger partial charge in [-0.3, -0.25) is 4.99 Å². The Morgan fingerprint density at radius 3 is 2.58 bits per heavy atom. The molecule has 0 aliphatic heterocycles. The van der Waals surface area contributed by atoms with Crippen LogP contribution in [-0.2, 0) is 0 Å². The molecule has 2 rings (SSSR count). The number of benzene rings is 2. The minimum Gasteiger partial charge on any atom is -0.493 e. The first-order valence-corrected chi connectivity index (χ1v) is 6.09. The second kappa shape index (κ2) is 6.36. The van der Waals surface area contributed by atoms with Crippen molar-refractivity contribution in [2.24, 2.45) is 4.99 Å². The zero-order valence-electron chi connectivity index (χ0n) is 10.7. The molecule has 0 atom stereocenters. The molecule has 3 heteroatoms. The normalized spacial score (nSPS) is 10.3. The number of ether oxygens (including phenoxy) is 1. The molecule has 0 aliphatic rings. The van der Waals surface area contributed by atoms with Crippen LogP contribution in [0.5, 0.6) is 5.75 Å². The van der Waals surface area contributed by atoms with Gasteiger partial charge in [0, 0.05) is 11.8 Å². The number of nitrogens with zero attached hydrogens (tertiary/aromatic N) is 2. The molecule has 0 aliphatic carbocycles. The maximum atomic E-state index is 8.73. The molecule has 0 radical (unpaired) electrons. The van der Waals surface area contributed by atoms with Gasteiger partial charge in [-0.1, -0.05) is 12.1 Å². The molecule has 0 saturated heterocycles. The Kier molecular flexibility index (Phi) is 4.30. The van der Waals surface area contributed by atoms with Crippen LogP contribution in [-0.4, -0.2) is 12.8 Å². The average Bonchev–Trinajstić information content (AvgIpc) is 2.47. The van der Waals surface area contributed by atoms with Crippen LogP contribution < -0.4 is 4.74 Å². The van der Waals surface area contributed by atoms with Gasteiger partial charge in [0.05, 0.1) is 23.9 Å². The lowest BCUT2D eigenvalue weighted by molar-refractivity contribution is 0.340. The first kappa shape index (κ1) is 12.8. The summed E-state index contributed by atoms with van der Waals surface area (Å²) >= 11 is 0. The molecule has 0 fully saturated rings. The number of aliphatic imine (C=N–C) groups is 1. The van der Waals surface area contributed by atoms with Crippen LogP contribution in [0.2, 0.25) is 0 Å². The predicted octanol–water partition coefficient (Wildman–Crippen LogP) is 3.71. The van der Waals surface area contributed by atoms with Gasteiger partial charge in [-0.15, -0.1) is 0 Å². The summed E-state index contributed by atoms with van der Waals surface area (Å²) in [5.41, 5.74) is 2.38. The van der Waals surface area contributed by atoms with Gasteiger partial charge in [-0.2, -0.15) is 5.26 Å². The van der Waals surface area contributed by atoms with E-state index in [1.54, 1.807) is 18.3 Å². The molecule has 0 unspecified atom stereocenters. The lowest BCUT2D eigenvalue weighted by Gasteiger charge is -2.05. The third kappa shape index (κ3) is 3.43. The molecular formula is C16H14N2O. The summed E-state index contributed by atoms with van der Waals surface area (Å²) in [4.78, 5) is 4.38. The summed E-state index contributed by atoms with van der Waals surface area (Å²) in [6.45, 7) is 2.58. The van der Waals surface area contributed by atoms with Gasteiger partial charge in [0.1, 0.15) is 5.75 Å². The van der Waals surface area contributed by atoms with E-state index in [4.69, 9.17) is 10.00 Å². The predicted molar refractivity (Wildman–Crippen MR) is 76.0 cm³/mol. The summed E-state index contributed by atoms with van der Waals surface area (Å²) in [6, 6.07) is 17.0. The van der Waals surface area contributed by atoms with Gasteiger partial charge in [0.15, 0.2) is 0 Å². The summed E-state index contributed by atoms with van der Waals surface area (Å²) in [7, 11) is 0. The van der Waals surface area contributed by atoms with E-state index in [0.29, 0.717) is 12.2 Å². The summed E-state index contributed by atoms with van der Waals surface area (Å²) in [5, 5.41) is 8.73. The van der Waals surface area contributed by atoms with Gasteiger partial charge >= 0.3 is 0 Å². The Hall–Kier alpha value is -2.60. The van der Waals surface area contributed by atoms with Gasteiger partial charge in [-0.05, 0) is 43.3 Å². The largest absolute Gasteiger partial charge is 0.493 e. The topological polar surface area (TPSA) is 45.4 Å². The fourth-order valence-corrected chi connectivity index (χ4v) is 1.64. The van der Waals surface area contributed by atoms with Crippen LogP contribution in [0, 0.1) is 11.3 Å². The fourth-order valence-electron chi connectivity index (χ4n) is 1.64. The quantitative estimate of drug-likeness (QED) is 0.776. The lowest BCUT2D eigenvalue weighted by atomic mass is 10.2. The maximum absolute atomic E-state index is 8.73. The molecular weight excluding hydrogens is 236 g/mol. The van der Waals surface area contributed by atoms with E-state index in [1.807, 2.05) is 43.3 Å². The van der Waals surface area contributed by atoms with Crippen molar-refractivity contribution in [2.75, 3.05) is 6.61 Å². The highest BCUT2D eigenvalue weighted by atomic mass is 16.5. The number of nitriles is 1. The Morgan fingerprint density at radius 1 is 1.16 bits per heavy atom. The van der Waals surface area contributed by atoms with E-state index in [-0.39, 0.29) is 0 Å². The van der Waals surface area contributed by atoms with Gasteiger partial charge in [-0.25, -0.2) is 0 Å². The Bertz CT molecular complexity index is 609. The molecule has 0 N–H and O–H groups in total. The molecule has 3 nitrogen and oxygen atoms in total. The Labute approximate surface area is 112 Å². The van der Waals surface area contributed by atoms with Crippen molar-refractivity contribution in [3.8, 4) is 11.8 Å². The first-order valence-electron chi connectivity index (χ1n) is 6.09. The SMILES string of the molecule is CCOc1ccccc1/C=N/c1ccc(C#N)cc1. The standard InChI is InChI=1S/C16H14N2O/c1-2-19-16-6-4-3-5-14(16)12-18-15-9-7-13(11-17)8-10-15/h3-10,12H,2H2,1H3/b18-12+. The number of para-hydroxylation sites is 1. The van der Waals surface area contributed by atoms with E-state index in [9.17, 15) is 0 Å². The van der Waals surface area contributed by atoms with Gasteiger partial charge in [0.2, 0.25) is 0 Å². The zero-order chi connectivity index (χ0) is 13.5. The van der Waals surface area contributed by atoms with Gasteiger partial charge < -0.3 is 4.74 Å². The number of hydrogen-bond acceptors (Lipinski definition) is 3.